The SMILES string of the molecule is COC(=O)C1CCN(S(=O)(=O)NCC(O)CC(C)C)CC1. The van der Waals surface area contributed by atoms with Gasteiger partial charge in [-0.1, -0.05) is 13.8 Å². The zero-order valence-corrected chi connectivity index (χ0v) is 13.7. The van der Waals surface area contributed by atoms with Crippen LogP contribution in [0, 0.1) is 11.8 Å². The maximum Gasteiger partial charge on any atom is 0.308 e. The van der Waals surface area contributed by atoms with Crippen LogP contribution in [0.3, 0.4) is 0 Å². The van der Waals surface area contributed by atoms with Gasteiger partial charge in [-0.25, -0.2) is 0 Å². The number of nitrogens with zero attached hydrogens (tertiary/aromatic N) is 1. The van der Waals surface area contributed by atoms with E-state index in [2.05, 4.69) is 9.46 Å². The van der Waals surface area contributed by atoms with E-state index in [-0.39, 0.29) is 31.5 Å². The summed E-state index contributed by atoms with van der Waals surface area (Å²) in [4.78, 5) is 11.4. The van der Waals surface area contributed by atoms with Crippen LogP contribution in [0.5, 0.6) is 0 Å². The number of methoxy groups -OCH3 is 1. The first-order chi connectivity index (χ1) is 9.76. The summed E-state index contributed by atoms with van der Waals surface area (Å²) in [6.07, 6.45) is 0.782. The molecule has 1 atom stereocenters. The van der Waals surface area contributed by atoms with Crippen molar-refractivity contribution >= 4 is 16.2 Å². The van der Waals surface area contributed by atoms with Crippen LogP contribution in [0.15, 0.2) is 0 Å². The van der Waals surface area contributed by atoms with E-state index in [0.29, 0.717) is 25.2 Å². The lowest BCUT2D eigenvalue weighted by Gasteiger charge is -2.30. The first kappa shape index (κ1) is 18.3. The molecule has 1 unspecified atom stereocenters. The molecule has 2 N–H and O–H groups in total. The molecule has 1 heterocycles. The van der Waals surface area contributed by atoms with E-state index < -0.39 is 16.3 Å². The Hall–Kier alpha value is -0.700. The summed E-state index contributed by atoms with van der Waals surface area (Å²) in [5.41, 5.74) is 0. The third-order valence-electron chi connectivity index (χ3n) is 3.57. The van der Waals surface area contributed by atoms with Crippen LogP contribution in [0.4, 0.5) is 0 Å². The molecule has 0 aromatic rings. The van der Waals surface area contributed by atoms with Crippen molar-refractivity contribution in [2.75, 3.05) is 26.7 Å². The van der Waals surface area contributed by atoms with Gasteiger partial charge in [0.05, 0.1) is 19.1 Å². The van der Waals surface area contributed by atoms with Crippen LogP contribution in [0.1, 0.15) is 33.1 Å². The molecule has 124 valence electrons. The third kappa shape index (κ3) is 5.90. The van der Waals surface area contributed by atoms with Crippen LogP contribution in [0.2, 0.25) is 0 Å². The van der Waals surface area contributed by atoms with Crippen molar-refractivity contribution in [3.63, 3.8) is 0 Å². The summed E-state index contributed by atoms with van der Waals surface area (Å²) in [5, 5.41) is 9.72. The van der Waals surface area contributed by atoms with Crippen LogP contribution in [0.25, 0.3) is 0 Å². The second kappa shape index (κ2) is 8.07. The fraction of sp³-hybridized carbons (Fsp3) is 0.923. The van der Waals surface area contributed by atoms with Crippen molar-refractivity contribution in [1.82, 2.24) is 9.03 Å². The molecule has 0 radical (unpaired) electrons. The summed E-state index contributed by atoms with van der Waals surface area (Å²) in [5.74, 6) is -0.208. The van der Waals surface area contributed by atoms with Gasteiger partial charge in [0, 0.05) is 19.6 Å². The normalized spacial score (nSPS) is 19.7. The number of carbonyl (C=O) groups is 1. The van der Waals surface area contributed by atoms with Gasteiger partial charge in [0.2, 0.25) is 0 Å². The molecule has 1 aliphatic heterocycles. The Kier molecular flexibility index (Phi) is 7.05. The average Bonchev–Trinajstić information content (AvgIpc) is 2.44. The molecular weight excluding hydrogens is 296 g/mol. The van der Waals surface area contributed by atoms with Crippen LogP contribution < -0.4 is 4.72 Å². The number of piperidine rings is 1. The summed E-state index contributed by atoms with van der Waals surface area (Å²) >= 11 is 0. The van der Waals surface area contributed by atoms with E-state index in [1.54, 1.807) is 0 Å². The van der Waals surface area contributed by atoms with Gasteiger partial charge in [-0.2, -0.15) is 17.4 Å². The number of aliphatic hydroxyl groups excluding tert-OH is 1. The van der Waals surface area contributed by atoms with Gasteiger partial charge in [-0.05, 0) is 25.2 Å². The lowest BCUT2D eigenvalue weighted by atomic mass is 9.99. The van der Waals surface area contributed by atoms with Crippen molar-refractivity contribution in [3.8, 4) is 0 Å². The molecule has 0 saturated carbocycles. The highest BCUT2D eigenvalue weighted by molar-refractivity contribution is 7.87. The number of ether oxygens (including phenoxy) is 1. The fourth-order valence-corrected chi connectivity index (χ4v) is 3.70. The van der Waals surface area contributed by atoms with E-state index in [9.17, 15) is 18.3 Å². The number of rotatable bonds is 7. The lowest BCUT2D eigenvalue weighted by molar-refractivity contribution is -0.146. The Bertz CT molecular complexity index is 430. The molecule has 7 nitrogen and oxygen atoms in total. The van der Waals surface area contributed by atoms with Gasteiger partial charge in [0.1, 0.15) is 0 Å². The van der Waals surface area contributed by atoms with Gasteiger partial charge in [0.15, 0.2) is 0 Å². The monoisotopic (exact) mass is 322 g/mol. The maximum absolute atomic E-state index is 12.1. The standard InChI is InChI=1S/C13H26N2O5S/c1-10(2)8-12(16)9-14-21(18,19)15-6-4-11(5-7-15)13(17)20-3/h10-12,14,16H,4-9H2,1-3H3. The minimum absolute atomic E-state index is 0.0114. The Morgan fingerprint density at radius 2 is 1.95 bits per heavy atom. The molecule has 0 spiro atoms. The first-order valence-electron chi connectivity index (χ1n) is 7.27. The van der Waals surface area contributed by atoms with E-state index in [1.165, 1.54) is 11.4 Å². The molecule has 0 amide bonds. The highest BCUT2D eigenvalue weighted by atomic mass is 32.2. The number of aliphatic hydroxyl groups is 1. The van der Waals surface area contributed by atoms with Crippen LogP contribution in [-0.2, 0) is 19.7 Å². The summed E-state index contributed by atoms with van der Waals surface area (Å²) in [7, 11) is -2.26. The Morgan fingerprint density at radius 1 is 1.38 bits per heavy atom. The quantitative estimate of drug-likeness (QED) is 0.649. The molecule has 0 aromatic heterocycles. The summed E-state index contributed by atoms with van der Waals surface area (Å²) < 4.78 is 32.6. The Labute approximate surface area is 126 Å². The molecule has 1 rings (SSSR count). The number of carbonyl (C=O) groups excluding carboxylic acids is 1. The van der Waals surface area contributed by atoms with Gasteiger partial charge in [-0.3, -0.25) is 4.79 Å². The number of nitrogens with one attached hydrogen (secondary N) is 1. The molecule has 1 fully saturated rings. The lowest BCUT2D eigenvalue weighted by Crippen LogP contribution is -2.47. The smallest absolute Gasteiger partial charge is 0.308 e. The van der Waals surface area contributed by atoms with E-state index in [4.69, 9.17) is 0 Å². The maximum atomic E-state index is 12.1. The Balaban J connectivity index is 2.44. The number of esters is 1. The molecule has 0 bridgehead atoms. The number of hydrogen-bond donors (Lipinski definition) is 2. The van der Waals surface area contributed by atoms with E-state index >= 15 is 0 Å². The molecule has 1 saturated heterocycles. The van der Waals surface area contributed by atoms with Gasteiger partial charge in [-0.15, -0.1) is 0 Å². The average molecular weight is 322 g/mol. The van der Waals surface area contributed by atoms with Crippen molar-refractivity contribution in [3.05, 3.63) is 0 Å². The molecular formula is C13H26N2O5S. The van der Waals surface area contributed by atoms with Gasteiger partial charge in [0.25, 0.3) is 10.2 Å². The highest BCUT2D eigenvalue weighted by Gasteiger charge is 2.31. The summed E-state index contributed by atoms with van der Waals surface area (Å²) in [6, 6.07) is 0. The largest absolute Gasteiger partial charge is 0.469 e. The minimum Gasteiger partial charge on any atom is -0.469 e. The molecule has 1 aliphatic rings. The third-order valence-corrected chi connectivity index (χ3v) is 5.15. The topological polar surface area (TPSA) is 95.9 Å². The van der Waals surface area contributed by atoms with Crippen molar-refractivity contribution in [2.45, 2.75) is 39.2 Å². The Morgan fingerprint density at radius 3 is 2.43 bits per heavy atom. The molecule has 0 aliphatic carbocycles. The highest BCUT2D eigenvalue weighted by Crippen LogP contribution is 2.20. The predicted molar refractivity (Wildman–Crippen MR) is 78.7 cm³/mol. The van der Waals surface area contributed by atoms with Gasteiger partial charge >= 0.3 is 5.97 Å². The zero-order valence-electron chi connectivity index (χ0n) is 12.9. The van der Waals surface area contributed by atoms with E-state index in [0.717, 1.165) is 0 Å². The minimum atomic E-state index is -3.60. The van der Waals surface area contributed by atoms with Crippen molar-refractivity contribution in [2.24, 2.45) is 11.8 Å². The zero-order chi connectivity index (χ0) is 16.0. The fourth-order valence-electron chi connectivity index (χ4n) is 2.42. The first-order valence-corrected chi connectivity index (χ1v) is 8.71. The molecule has 0 aromatic carbocycles. The van der Waals surface area contributed by atoms with E-state index in [1.807, 2.05) is 13.8 Å². The van der Waals surface area contributed by atoms with Crippen LogP contribution in [-0.4, -0.2) is 56.6 Å². The molecule has 21 heavy (non-hydrogen) atoms. The van der Waals surface area contributed by atoms with Crippen LogP contribution >= 0.6 is 0 Å². The van der Waals surface area contributed by atoms with Crippen molar-refractivity contribution < 1.29 is 23.1 Å². The predicted octanol–water partition coefficient (Wildman–Crippen LogP) is 0.113. The van der Waals surface area contributed by atoms with Crippen molar-refractivity contribution in [1.29, 1.82) is 0 Å². The summed E-state index contributed by atoms with van der Waals surface area (Å²) in [6.45, 7) is 4.52. The number of hydrogen-bond acceptors (Lipinski definition) is 5. The second-order valence-electron chi connectivity index (χ2n) is 5.83. The van der Waals surface area contributed by atoms with Gasteiger partial charge < -0.3 is 9.84 Å². The molecule has 8 heteroatoms. The second-order valence-corrected chi connectivity index (χ2v) is 7.59.